The van der Waals surface area contributed by atoms with E-state index in [2.05, 4.69) is 24.5 Å². The molecule has 0 aliphatic heterocycles. The molecule has 1 heterocycles. The van der Waals surface area contributed by atoms with E-state index in [1.54, 1.807) is 0 Å². The van der Waals surface area contributed by atoms with E-state index < -0.39 is 0 Å². The molecule has 0 saturated carbocycles. The summed E-state index contributed by atoms with van der Waals surface area (Å²) in [6.45, 7) is 8.53. The molecule has 1 unspecified atom stereocenters. The van der Waals surface area contributed by atoms with Crippen molar-refractivity contribution in [2.24, 2.45) is 0 Å². The van der Waals surface area contributed by atoms with Crippen LogP contribution in [0.2, 0.25) is 0 Å². The minimum atomic E-state index is 0.144. The molecule has 0 fully saturated rings. The fraction of sp³-hybridized carbons (Fsp3) is 0.588. The summed E-state index contributed by atoms with van der Waals surface area (Å²) in [6, 6.07) is 6.59. The predicted molar refractivity (Wildman–Crippen MR) is 89.5 cm³/mol. The van der Waals surface area contributed by atoms with E-state index in [1.807, 2.05) is 26.0 Å². The van der Waals surface area contributed by atoms with Gasteiger partial charge in [0.05, 0.1) is 11.6 Å². The van der Waals surface area contributed by atoms with Crippen molar-refractivity contribution in [2.75, 3.05) is 5.88 Å². The maximum atomic E-state index is 5.96. The molecule has 1 atom stereocenters. The maximum absolute atomic E-state index is 5.96. The predicted octanol–water partition coefficient (Wildman–Crippen LogP) is 4.97. The fourth-order valence-corrected chi connectivity index (χ4v) is 2.96. The van der Waals surface area contributed by atoms with Crippen LogP contribution in [0.3, 0.4) is 0 Å². The standard InChI is InChI=1S/C17H25ClN2O/c1-5-7-13(4)20-14-8-6-9-15(21-12(2)3)17(14)19-16(20)10-11-18/h6,8-9,12-13H,5,7,10-11H2,1-4H3. The molecule has 0 spiro atoms. The lowest BCUT2D eigenvalue weighted by atomic mass is 10.2. The molecule has 1 aromatic carbocycles. The number of ether oxygens (including phenoxy) is 1. The van der Waals surface area contributed by atoms with E-state index in [9.17, 15) is 0 Å². The van der Waals surface area contributed by atoms with Crippen LogP contribution in [0.4, 0.5) is 0 Å². The number of halogens is 1. The monoisotopic (exact) mass is 308 g/mol. The molecule has 0 saturated heterocycles. The van der Waals surface area contributed by atoms with Gasteiger partial charge in [0.2, 0.25) is 0 Å². The molecule has 0 aliphatic carbocycles. The molecule has 0 N–H and O–H groups in total. The van der Waals surface area contributed by atoms with Crippen LogP contribution in [0.25, 0.3) is 11.0 Å². The Kier molecular flexibility index (Phi) is 5.51. The Labute approximate surface area is 132 Å². The average molecular weight is 309 g/mol. The second-order valence-corrected chi connectivity index (χ2v) is 6.14. The van der Waals surface area contributed by atoms with Gasteiger partial charge in [0, 0.05) is 18.3 Å². The van der Waals surface area contributed by atoms with Gasteiger partial charge in [0.15, 0.2) is 0 Å². The normalized spacial score (nSPS) is 13.0. The van der Waals surface area contributed by atoms with Crippen molar-refractivity contribution < 1.29 is 4.74 Å². The van der Waals surface area contributed by atoms with Gasteiger partial charge in [-0.05, 0) is 39.3 Å². The highest BCUT2D eigenvalue weighted by atomic mass is 35.5. The van der Waals surface area contributed by atoms with Crippen LogP contribution in [0.5, 0.6) is 5.75 Å². The van der Waals surface area contributed by atoms with Crippen LogP contribution in [0.1, 0.15) is 52.4 Å². The fourth-order valence-electron chi connectivity index (χ4n) is 2.79. The molecule has 1 aromatic heterocycles. The summed E-state index contributed by atoms with van der Waals surface area (Å²) in [5, 5.41) is 0. The van der Waals surface area contributed by atoms with Gasteiger partial charge in [-0.25, -0.2) is 4.98 Å². The minimum Gasteiger partial charge on any atom is -0.489 e. The molecule has 0 amide bonds. The summed E-state index contributed by atoms with van der Waals surface area (Å²) in [5.74, 6) is 2.50. The summed E-state index contributed by atoms with van der Waals surface area (Å²) in [5.41, 5.74) is 2.10. The number of fused-ring (bicyclic) bond motifs is 1. The number of hydrogen-bond donors (Lipinski definition) is 0. The average Bonchev–Trinajstić information content (AvgIpc) is 2.78. The van der Waals surface area contributed by atoms with Crippen LogP contribution in [0, 0.1) is 0 Å². The van der Waals surface area contributed by atoms with Crippen LogP contribution in [-0.2, 0) is 6.42 Å². The van der Waals surface area contributed by atoms with Crippen molar-refractivity contribution in [3.8, 4) is 5.75 Å². The summed E-state index contributed by atoms with van der Waals surface area (Å²) >= 11 is 5.96. The Morgan fingerprint density at radius 2 is 2.05 bits per heavy atom. The van der Waals surface area contributed by atoms with Gasteiger partial charge in [-0.1, -0.05) is 19.4 Å². The summed E-state index contributed by atoms with van der Waals surface area (Å²) in [4.78, 5) is 4.81. The highest BCUT2D eigenvalue weighted by Gasteiger charge is 2.18. The SMILES string of the molecule is CCCC(C)n1c(CCCl)nc2c(OC(C)C)cccc21. The molecule has 0 radical (unpaired) electrons. The molecule has 3 nitrogen and oxygen atoms in total. The van der Waals surface area contributed by atoms with Crippen LogP contribution < -0.4 is 4.74 Å². The van der Waals surface area contributed by atoms with Crippen molar-refractivity contribution in [1.29, 1.82) is 0 Å². The highest BCUT2D eigenvalue weighted by molar-refractivity contribution is 6.17. The van der Waals surface area contributed by atoms with Crippen molar-refractivity contribution in [1.82, 2.24) is 9.55 Å². The second-order valence-electron chi connectivity index (χ2n) is 5.77. The minimum absolute atomic E-state index is 0.144. The number of rotatable bonds is 7. The first-order chi connectivity index (χ1) is 10.1. The van der Waals surface area contributed by atoms with Gasteiger partial charge in [-0.2, -0.15) is 0 Å². The van der Waals surface area contributed by atoms with Crippen molar-refractivity contribution in [2.45, 2.75) is 59.1 Å². The number of aromatic nitrogens is 2. The molecular formula is C17H25ClN2O. The highest BCUT2D eigenvalue weighted by Crippen LogP contribution is 2.30. The van der Waals surface area contributed by atoms with Crippen molar-refractivity contribution >= 4 is 22.6 Å². The van der Waals surface area contributed by atoms with Gasteiger partial charge in [-0.3, -0.25) is 0 Å². The number of benzene rings is 1. The zero-order valence-corrected chi connectivity index (χ0v) is 14.2. The van der Waals surface area contributed by atoms with E-state index >= 15 is 0 Å². The van der Waals surface area contributed by atoms with Crippen LogP contribution >= 0.6 is 11.6 Å². The third-order valence-electron chi connectivity index (χ3n) is 3.58. The summed E-state index contributed by atoms with van der Waals surface area (Å²) < 4.78 is 8.23. The quantitative estimate of drug-likeness (QED) is 0.675. The smallest absolute Gasteiger partial charge is 0.147 e. The van der Waals surface area contributed by atoms with Gasteiger partial charge in [0.1, 0.15) is 17.1 Å². The third-order valence-corrected chi connectivity index (χ3v) is 3.77. The lowest BCUT2D eigenvalue weighted by molar-refractivity contribution is 0.245. The molecule has 4 heteroatoms. The molecule has 2 rings (SSSR count). The second kappa shape index (κ2) is 7.17. The first kappa shape index (κ1) is 16.2. The summed E-state index contributed by atoms with van der Waals surface area (Å²) in [7, 11) is 0. The van der Waals surface area contributed by atoms with E-state index in [-0.39, 0.29) is 6.10 Å². The Morgan fingerprint density at radius 1 is 1.29 bits per heavy atom. The number of para-hydroxylation sites is 1. The molecule has 21 heavy (non-hydrogen) atoms. The van der Waals surface area contributed by atoms with Crippen LogP contribution in [-0.4, -0.2) is 21.5 Å². The summed E-state index contributed by atoms with van der Waals surface area (Å²) in [6.07, 6.45) is 3.22. The van der Waals surface area contributed by atoms with Gasteiger partial charge < -0.3 is 9.30 Å². The topological polar surface area (TPSA) is 27.1 Å². The van der Waals surface area contributed by atoms with Crippen molar-refractivity contribution in [3.63, 3.8) is 0 Å². The number of aryl methyl sites for hydroxylation is 1. The molecule has 2 aromatic rings. The van der Waals surface area contributed by atoms with Crippen molar-refractivity contribution in [3.05, 3.63) is 24.0 Å². The van der Waals surface area contributed by atoms with Gasteiger partial charge >= 0.3 is 0 Å². The van der Waals surface area contributed by atoms with E-state index in [0.717, 1.165) is 41.9 Å². The van der Waals surface area contributed by atoms with Crippen LogP contribution in [0.15, 0.2) is 18.2 Å². The number of alkyl halides is 1. The zero-order chi connectivity index (χ0) is 15.4. The molecule has 116 valence electrons. The first-order valence-electron chi connectivity index (χ1n) is 7.80. The first-order valence-corrected chi connectivity index (χ1v) is 8.34. The molecular weight excluding hydrogens is 284 g/mol. The lowest BCUT2D eigenvalue weighted by Gasteiger charge is -2.17. The molecule has 0 aliphatic rings. The Bertz CT molecular complexity index is 592. The molecule has 0 bridgehead atoms. The zero-order valence-electron chi connectivity index (χ0n) is 13.4. The Balaban J connectivity index is 2.56. The number of hydrogen-bond acceptors (Lipinski definition) is 2. The largest absolute Gasteiger partial charge is 0.489 e. The Hall–Kier alpha value is -1.22. The van der Waals surface area contributed by atoms with E-state index in [0.29, 0.717) is 11.9 Å². The third kappa shape index (κ3) is 3.52. The number of imidazole rings is 1. The van der Waals surface area contributed by atoms with Gasteiger partial charge in [0.25, 0.3) is 0 Å². The number of nitrogens with zero attached hydrogens (tertiary/aromatic N) is 2. The maximum Gasteiger partial charge on any atom is 0.147 e. The van der Waals surface area contributed by atoms with E-state index in [1.165, 1.54) is 0 Å². The van der Waals surface area contributed by atoms with Gasteiger partial charge in [-0.15, -0.1) is 11.6 Å². The lowest BCUT2D eigenvalue weighted by Crippen LogP contribution is -2.09. The Morgan fingerprint density at radius 3 is 2.67 bits per heavy atom. The van der Waals surface area contributed by atoms with E-state index in [4.69, 9.17) is 21.3 Å².